The van der Waals surface area contributed by atoms with Gasteiger partial charge in [-0.2, -0.15) is 0 Å². The molecule has 0 bridgehead atoms. The lowest BCUT2D eigenvalue weighted by molar-refractivity contribution is 1.27. The quantitative estimate of drug-likeness (QED) is 0.310. The third-order valence-corrected chi connectivity index (χ3v) is 6.51. The second-order valence-electron chi connectivity index (χ2n) is 7.54. The average molecular weight is 398 g/mol. The summed E-state index contributed by atoms with van der Waals surface area (Å²) in [6.45, 7) is 4.20. The smallest absolute Gasteiger partial charge is 0.124 e. The second kappa shape index (κ2) is 6.78. The normalized spacial score (nSPS) is 13.4. The zero-order valence-corrected chi connectivity index (χ0v) is 17.4. The molecular formula is C26H22N2S. The van der Waals surface area contributed by atoms with Gasteiger partial charge in [0, 0.05) is 37.0 Å². The maximum Gasteiger partial charge on any atom is 0.124 e. The number of benzene rings is 2. The van der Waals surface area contributed by atoms with Crippen LogP contribution in [0, 0.1) is 27.6 Å². The molecule has 5 aromatic rings. The minimum atomic E-state index is -2.22. The van der Waals surface area contributed by atoms with E-state index in [1.54, 1.807) is 6.07 Å². The summed E-state index contributed by atoms with van der Waals surface area (Å²) in [4.78, 5) is 9.87. The van der Waals surface area contributed by atoms with Gasteiger partial charge < -0.3 is 0 Å². The molecule has 2 aromatic carbocycles. The second-order valence-corrected chi connectivity index (χ2v) is 8.54. The van der Waals surface area contributed by atoms with E-state index in [0.717, 1.165) is 37.1 Å². The van der Waals surface area contributed by atoms with Crippen molar-refractivity contribution in [2.24, 2.45) is 0 Å². The molecule has 0 aliphatic carbocycles. The fourth-order valence-corrected chi connectivity index (χ4v) is 5.45. The zero-order valence-electron chi connectivity index (χ0n) is 19.6. The van der Waals surface area contributed by atoms with Gasteiger partial charge in [-0.1, -0.05) is 35.9 Å². The maximum atomic E-state index is 7.68. The summed E-state index contributed by atoms with van der Waals surface area (Å²) in [6.07, 6.45) is 1.86. The van der Waals surface area contributed by atoms with Crippen LogP contribution in [-0.4, -0.2) is 9.97 Å². The number of aromatic nitrogens is 2. The van der Waals surface area contributed by atoms with Gasteiger partial charge in [0.2, 0.25) is 0 Å². The molecule has 29 heavy (non-hydrogen) atoms. The molecule has 0 aliphatic rings. The first-order valence-corrected chi connectivity index (χ1v) is 10.4. The van der Waals surface area contributed by atoms with Crippen molar-refractivity contribution in [3.63, 3.8) is 0 Å². The van der Waals surface area contributed by atoms with Gasteiger partial charge in [0.05, 0.1) is 5.69 Å². The molecule has 142 valence electrons. The number of fused-ring (bicyclic) bond motifs is 3. The number of pyridine rings is 2. The SMILES string of the molecule is [2H]C([2H])([2H])c1ccc2c(n1)sc1c(-c3cc(-c4c(C)cc(C)cc4C)ccn3)cccc12. The number of hydrogen-bond donors (Lipinski definition) is 0. The van der Waals surface area contributed by atoms with Gasteiger partial charge in [-0.05, 0) is 74.1 Å². The third-order valence-electron chi connectivity index (χ3n) is 5.37. The van der Waals surface area contributed by atoms with Gasteiger partial charge in [0.1, 0.15) is 4.83 Å². The van der Waals surface area contributed by atoms with Crippen molar-refractivity contribution in [1.82, 2.24) is 9.97 Å². The molecule has 2 nitrogen and oxygen atoms in total. The minimum Gasteiger partial charge on any atom is -0.256 e. The van der Waals surface area contributed by atoms with Crippen molar-refractivity contribution in [3.05, 3.63) is 83.2 Å². The Hall–Kier alpha value is -3.04. The molecule has 3 heteroatoms. The van der Waals surface area contributed by atoms with Crippen LogP contribution in [0.4, 0.5) is 0 Å². The van der Waals surface area contributed by atoms with Crippen LogP contribution in [0.1, 0.15) is 26.5 Å². The molecule has 0 amide bonds. The van der Waals surface area contributed by atoms with Crippen LogP contribution >= 0.6 is 11.3 Å². The highest BCUT2D eigenvalue weighted by molar-refractivity contribution is 7.26. The zero-order chi connectivity index (χ0) is 22.6. The van der Waals surface area contributed by atoms with Gasteiger partial charge in [0.15, 0.2) is 0 Å². The van der Waals surface area contributed by atoms with Crippen molar-refractivity contribution >= 4 is 31.6 Å². The van der Waals surface area contributed by atoms with Gasteiger partial charge in [-0.25, -0.2) is 4.98 Å². The van der Waals surface area contributed by atoms with Crippen LogP contribution in [0.25, 0.3) is 42.7 Å². The summed E-state index contributed by atoms with van der Waals surface area (Å²) in [5, 5.41) is 2.04. The Kier molecular flexibility index (Phi) is 3.48. The third kappa shape index (κ3) is 3.02. The molecule has 0 N–H and O–H groups in total. The highest BCUT2D eigenvalue weighted by Gasteiger charge is 2.14. The standard InChI is InChI=1S/C26H22N2S/c1-15-12-16(2)24(17(3)13-15)19-10-11-27-23(14-19)22-7-5-6-20-21-9-8-18(4)28-26(21)29-25(20)22/h5-14H,1-4H3/i4D3. The lowest BCUT2D eigenvalue weighted by Crippen LogP contribution is -1.92. The van der Waals surface area contributed by atoms with Crippen LogP contribution < -0.4 is 0 Å². The molecule has 0 atom stereocenters. The summed E-state index contributed by atoms with van der Waals surface area (Å²) in [6, 6.07) is 18.3. The van der Waals surface area contributed by atoms with Crippen molar-refractivity contribution in [2.45, 2.75) is 27.6 Å². The van der Waals surface area contributed by atoms with Crippen LogP contribution in [0.5, 0.6) is 0 Å². The fraction of sp³-hybridized carbons (Fsp3) is 0.154. The Morgan fingerprint density at radius 2 is 1.72 bits per heavy atom. The topological polar surface area (TPSA) is 25.8 Å². The molecule has 0 aliphatic heterocycles. The maximum absolute atomic E-state index is 7.68. The predicted molar refractivity (Wildman–Crippen MR) is 125 cm³/mol. The van der Waals surface area contributed by atoms with E-state index < -0.39 is 6.85 Å². The van der Waals surface area contributed by atoms with Crippen LogP contribution in [0.3, 0.4) is 0 Å². The molecule has 5 rings (SSSR count). The van der Waals surface area contributed by atoms with E-state index >= 15 is 0 Å². The largest absolute Gasteiger partial charge is 0.256 e. The molecule has 0 saturated heterocycles. The van der Waals surface area contributed by atoms with Crippen LogP contribution in [-0.2, 0) is 0 Å². The van der Waals surface area contributed by atoms with E-state index in [1.807, 2.05) is 18.3 Å². The number of thiophene rings is 1. The highest BCUT2D eigenvalue weighted by Crippen LogP contribution is 2.39. The molecule has 0 saturated carbocycles. The van der Waals surface area contributed by atoms with Crippen LogP contribution in [0.15, 0.2) is 60.8 Å². The number of rotatable bonds is 2. The first-order valence-electron chi connectivity index (χ1n) is 11.1. The fourth-order valence-electron chi connectivity index (χ4n) is 4.25. The summed E-state index contributed by atoms with van der Waals surface area (Å²) < 4.78 is 24.1. The summed E-state index contributed by atoms with van der Waals surface area (Å²) >= 11 is 1.52. The Labute approximate surface area is 179 Å². The first-order chi connectivity index (χ1) is 15.2. The Morgan fingerprint density at radius 1 is 0.897 bits per heavy atom. The van der Waals surface area contributed by atoms with E-state index in [0.29, 0.717) is 0 Å². The molecule has 0 radical (unpaired) electrons. The first kappa shape index (κ1) is 14.9. The summed E-state index contributed by atoms with van der Waals surface area (Å²) in [5.41, 5.74) is 8.21. The van der Waals surface area contributed by atoms with Crippen molar-refractivity contribution < 1.29 is 4.11 Å². The van der Waals surface area contributed by atoms with E-state index in [4.69, 9.17) is 4.11 Å². The van der Waals surface area contributed by atoms with E-state index in [2.05, 4.69) is 67.1 Å². The number of nitrogens with zero attached hydrogens (tertiary/aromatic N) is 2. The number of aryl methyl sites for hydroxylation is 4. The molecule has 3 aromatic heterocycles. The average Bonchev–Trinajstić information content (AvgIpc) is 3.10. The van der Waals surface area contributed by atoms with E-state index in [-0.39, 0.29) is 5.69 Å². The van der Waals surface area contributed by atoms with Crippen molar-refractivity contribution in [1.29, 1.82) is 0 Å². The Bertz CT molecular complexity index is 1480. The van der Waals surface area contributed by atoms with E-state index in [1.165, 1.54) is 33.6 Å². The summed E-state index contributed by atoms with van der Waals surface area (Å²) in [7, 11) is 0. The van der Waals surface area contributed by atoms with Gasteiger partial charge in [-0.15, -0.1) is 11.3 Å². The predicted octanol–water partition coefficient (Wildman–Crippen LogP) is 7.41. The Morgan fingerprint density at radius 3 is 2.52 bits per heavy atom. The molecule has 0 unspecified atom stereocenters. The van der Waals surface area contributed by atoms with Gasteiger partial charge in [0.25, 0.3) is 0 Å². The van der Waals surface area contributed by atoms with Gasteiger partial charge >= 0.3 is 0 Å². The number of hydrogen-bond acceptors (Lipinski definition) is 3. The molecular weight excluding hydrogens is 372 g/mol. The molecule has 0 fully saturated rings. The lowest BCUT2D eigenvalue weighted by atomic mass is 9.93. The summed E-state index contributed by atoms with van der Waals surface area (Å²) in [5.74, 6) is 0. The van der Waals surface area contributed by atoms with E-state index in [9.17, 15) is 0 Å². The van der Waals surface area contributed by atoms with Crippen molar-refractivity contribution in [2.75, 3.05) is 0 Å². The highest BCUT2D eigenvalue weighted by atomic mass is 32.1. The Balaban J connectivity index is 1.70. The molecule has 0 spiro atoms. The lowest BCUT2D eigenvalue weighted by Gasteiger charge is -2.13. The minimum absolute atomic E-state index is 0.128. The van der Waals surface area contributed by atoms with Crippen molar-refractivity contribution in [3.8, 4) is 22.4 Å². The molecule has 3 heterocycles. The van der Waals surface area contributed by atoms with Gasteiger partial charge in [-0.3, -0.25) is 4.98 Å². The van der Waals surface area contributed by atoms with Crippen LogP contribution in [0.2, 0.25) is 0 Å². The monoisotopic (exact) mass is 397 g/mol.